The third-order valence-electron chi connectivity index (χ3n) is 0.740. The Balaban J connectivity index is 3.74. The van der Waals surface area contributed by atoms with Gasteiger partial charge in [-0.3, -0.25) is 0 Å². The SMILES string of the molecule is [B]C(=C)/C=C\C=C(C)C. The molecule has 0 aliphatic rings. The Morgan fingerprint density at radius 2 is 2.00 bits per heavy atom. The van der Waals surface area contributed by atoms with Gasteiger partial charge in [-0.1, -0.05) is 23.8 Å². The van der Waals surface area contributed by atoms with Crippen molar-refractivity contribution < 1.29 is 0 Å². The van der Waals surface area contributed by atoms with E-state index < -0.39 is 0 Å². The predicted molar refractivity (Wildman–Crippen MR) is 43.5 cm³/mol. The van der Waals surface area contributed by atoms with E-state index in [1.54, 1.807) is 6.08 Å². The maximum absolute atomic E-state index is 5.27. The van der Waals surface area contributed by atoms with Crippen LogP contribution in [-0.2, 0) is 0 Å². The van der Waals surface area contributed by atoms with Crippen LogP contribution in [0, 0.1) is 0 Å². The molecular formula is C8H11B. The van der Waals surface area contributed by atoms with Gasteiger partial charge in [0.15, 0.2) is 0 Å². The molecule has 0 saturated heterocycles. The monoisotopic (exact) mass is 118 g/mol. The van der Waals surface area contributed by atoms with Crippen molar-refractivity contribution >= 4 is 7.85 Å². The van der Waals surface area contributed by atoms with E-state index in [1.165, 1.54) is 5.57 Å². The van der Waals surface area contributed by atoms with Crippen LogP contribution in [0.2, 0.25) is 0 Å². The third kappa shape index (κ3) is 7.28. The van der Waals surface area contributed by atoms with Crippen molar-refractivity contribution in [2.45, 2.75) is 13.8 Å². The molecular weight excluding hydrogens is 107 g/mol. The van der Waals surface area contributed by atoms with E-state index in [2.05, 4.69) is 6.58 Å². The summed E-state index contributed by atoms with van der Waals surface area (Å²) in [5, 5.41) is 0. The van der Waals surface area contributed by atoms with Crippen LogP contribution in [0.15, 0.2) is 35.9 Å². The summed E-state index contributed by atoms with van der Waals surface area (Å²) < 4.78 is 0. The Morgan fingerprint density at radius 1 is 1.44 bits per heavy atom. The highest BCUT2D eigenvalue weighted by Crippen LogP contribution is 1.90. The highest BCUT2D eigenvalue weighted by Gasteiger charge is 1.71. The summed E-state index contributed by atoms with van der Waals surface area (Å²) in [5.41, 5.74) is 1.85. The van der Waals surface area contributed by atoms with Crippen molar-refractivity contribution in [3.63, 3.8) is 0 Å². The van der Waals surface area contributed by atoms with E-state index in [4.69, 9.17) is 7.85 Å². The second-order valence-corrected chi connectivity index (χ2v) is 2.18. The first-order valence-corrected chi connectivity index (χ1v) is 2.89. The fraction of sp³-hybridized carbons (Fsp3) is 0.250. The Kier molecular flexibility index (Phi) is 3.86. The molecule has 0 aromatic rings. The summed E-state index contributed by atoms with van der Waals surface area (Å²) in [5.74, 6) is 0. The second-order valence-electron chi connectivity index (χ2n) is 2.18. The first-order valence-electron chi connectivity index (χ1n) is 2.89. The van der Waals surface area contributed by atoms with Gasteiger partial charge >= 0.3 is 0 Å². The van der Waals surface area contributed by atoms with Crippen molar-refractivity contribution in [2.24, 2.45) is 0 Å². The molecule has 9 heavy (non-hydrogen) atoms. The molecule has 0 fully saturated rings. The first kappa shape index (κ1) is 8.28. The number of rotatable bonds is 2. The highest BCUT2D eigenvalue weighted by atomic mass is 13.8. The van der Waals surface area contributed by atoms with Gasteiger partial charge in [0.2, 0.25) is 0 Å². The van der Waals surface area contributed by atoms with Crippen LogP contribution in [0.1, 0.15) is 13.8 Å². The van der Waals surface area contributed by atoms with Gasteiger partial charge in [-0.15, -0.1) is 12.1 Å². The lowest BCUT2D eigenvalue weighted by Gasteiger charge is -1.83. The standard InChI is InChI=1S/C8H11B/c1-7(2)5-4-6-8(3)9/h4-6H,3H2,1-2H3/b6-4-. The average molecular weight is 118 g/mol. The third-order valence-corrected chi connectivity index (χ3v) is 0.740. The molecule has 0 unspecified atom stereocenters. The zero-order chi connectivity index (χ0) is 7.28. The van der Waals surface area contributed by atoms with Gasteiger partial charge in [0.25, 0.3) is 0 Å². The largest absolute Gasteiger partial charge is 0.112 e. The van der Waals surface area contributed by atoms with Crippen molar-refractivity contribution in [2.75, 3.05) is 0 Å². The quantitative estimate of drug-likeness (QED) is 0.385. The molecule has 0 rings (SSSR count). The molecule has 0 aromatic carbocycles. The van der Waals surface area contributed by atoms with Crippen LogP contribution >= 0.6 is 0 Å². The van der Waals surface area contributed by atoms with E-state index in [-0.39, 0.29) is 0 Å². The maximum Gasteiger partial charge on any atom is 0.112 e. The molecule has 1 heteroatoms. The fourth-order valence-electron chi connectivity index (χ4n) is 0.364. The number of hydrogen-bond donors (Lipinski definition) is 0. The van der Waals surface area contributed by atoms with E-state index in [9.17, 15) is 0 Å². The second kappa shape index (κ2) is 4.19. The molecule has 0 aliphatic carbocycles. The highest BCUT2D eigenvalue weighted by molar-refractivity contribution is 6.23. The summed E-state index contributed by atoms with van der Waals surface area (Å²) in [6.07, 6.45) is 5.64. The molecule has 46 valence electrons. The van der Waals surface area contributed by atoms with Crippen LogP contribution in [0.25, 0.3) is 0 Å². The minimum Gasteiger partial charge on any atom is -0.106 e. The van der Waals surface area contributed by atoms with E-state index in [0.29, 0.717) is 5.47 Å². The van der Waals surface area contributed by atoms with Crippen LogP contribution in [0.4, 0.5) is 0 Å². The van der Waals surface area contributed by atoms with Crippen molar-refractivity contribution in [3.8, 4) is 0 Å². The first-order chi connectivity index (χ1) is 4.13. The minimum absolute atomic E-state index is 0.590. The minimum atomic E-state index is 0.590. The van der Waals surface area contributed by atoms with Crippen molar-refractivity contribution in [1.82, 2.24) is 0 Å². The number of allylic oxidation sites excluding steroid dienone is 5. The lowest BCUT2D eigenvalue weighted by atomic mass is 9.98. The zero-order valence-corrected chi connectivity index (χ0v) is 6.02. The Labute approximate surface area is 58.4 Å². The predicted octanol–water partition coefficient (Wildman–Crippen LogP) is 2.19. The van der Waals surface area contributed by atoms with Crippen LogP contribution < -0.4 is 0 Å². The van der Waals surface area contributed by atoms with Gasteiger partial charge in [-0.2, -0.15) is 0 Å². The Hall–Kier alpha value is -0.715. The summed E-state index contributed by atoms with van der Waals surface area (Å²) in [4.78, 5) is 0. The Bertz CT molecular complexity index is 148. The molecule has 2 radical (unpaired) electrons. The molecule has 0 amide bonds. The molecule has 0 atom stereocenters. The zero-order valence-electron chi connectivity index (χ0n) is 6.02. The van der Waals surface area contributed by atoms with E-state index in [0.717, 1.165) is 0 Å². The molecule has 0 heterocycles. The van der Waals surface area contributed by atoms with Gasteiger partial charge in [-0.05, 0) is 13.8 Å². The van der Waals surface area contributed by atoms with Crippen molar-refractivity contribution in [1.29, 1.82) is 0 Å². The van der Waals surface area contributed by atoms with Gasteiger partial charge < -0.3 is 0 Å². The van der Waals surface area contributed by atoms with Gasteiger partial charge in [0.05, 0.1) is 0 Å². The van der Waals surface area contributed by atoms with E-state index >= 15 is 0 Å². The van der Waals surface area contributed by atoms with Crippen molar-refractivity contribution in [3.05, 3.63) is 35.9 Å². The van der Waals surface area contributed by atoms with Gasteiger partial charge in [-0.25, -0.2) is 0 Å². The maximum atomic E-state index is 5.27. The lowest BCUT2D eigenvalue weighted by molar-refractivity contribution is 1.39. The Morgan fingerprint density at radius 3 is 2.33 bits per heavy atom. The molecule has 0 aromatic heterocycles. The molecule has 0 saturated carbocycles. The van der Waals surface area contributed by atoms with Gasteiger partial charge in [0.1, 0.15) is 7.85 Å². The number of hydrogen-bond acceptors (Lipinski definition) is 0. The normalized spacial score (nSPS) is 9.56. The van der Waals surface area contributed by atoms with Crippen LogP contribution in [-0.4, -0.2) is 7.85 Å². The molecule has 0 bridgehead atoms. The summed E-state index contributed by atoms with van der Waals surface area (Å²) in [7, 11) is 5.27. The van der Waals surface area contributed by atoms with Gasteiger partial charge in [0, 0.05) is 0 Å². The lowest BCUT2D eigenvalue weighted by Crippen LogP contribution is -1.67. The summed E-state index contributed by atoms with van der Waals surface area (Å²) >= 11 is 0. The fourth-order valence-corrected chi connectivity index (χ4v) is 0.364. The average Bonchev–Trinajstić information content (AvgIpc) is 1.63. The summed E-state index contributed by atoms with van der Waals surface area (Å²) in [6, 6.07) is 0. The molecule has 0 N–H and O–H groups in total. The molecule has 0 nitrogen and oxygen atoms in total. The topological polar surface area (TPSA) is 0 Å². The van der Waals surface area contributed by atoms with Crippen LogP contribution in [0.3, 0.4) is 0 Å². The van der Waals surface area contributed by atoms with Crippen LogP contribution in [0.5, 0.6) is 0 Å². The smallest absolute Gasteiger partial charge is 0.106 e. The summed E-state index contributed by atoms with van der Waals surface area (Å²) in [6.45, 7) is 7.58. The van der Waals surface area contributed by atoms with E-state index in [1.807, 2.05) is 26.0 Å². The molecule has 0 spiro atoms. The molecule has 0 aliphatic heterocycles.